The predicted octanol–water partition coefficient (Wildman–Crippen LogP) is 4.78. The second kappa shape index (κ2) is 5.76. The number of ketones is 1. The Morgan fingerprint density at radius 3 is 2.44 bits per heavy atom. The monoisotopic (exact) mass is 370 g/mol. The summed E-state index contributed by atoms with van der Waals surface area (Å²) in [6.45, 7) is 0. The molecular formula is C14H9Br2FO. The molecular weight excluding hydrogens is 363 g/mol. The van der Waals surface area contributed by atoms with E-state index in [9.17, 15) is 9.18 Å². The van der Waals surface area contributed by atoms with Crippen molar-refractivity contribution >= 4 is 37.6 Å². The molecule has 0 atom stereocenters. The molecule has 0 aliphatic rings. The van der Waals surface area contributed by atoms with Crippen molar-refractivity contribution < 1.29 is 9.18 Å². The van der Waals surface area contributed by atoms with Gasteiger partial charge in [0.25, 0.3) is 0 Å². The van der Waals surface area contributed by atoms with Gasteiger partial charge in [0, 0.05) is 15.4 Å². The Morgan fingerprint density at radius 1 is 1.06 bits per heavy atom. The Bertz CT molecular complexity index is 596. The van der Waals surface area contributed by atoms with Crippen molar-refractivity contribution in [2.45, 2.75) is 6.42 Å². The summed E-state index contributed by atoms with van der Waals surface area (Å²) in [7, 11) is 0. The van der Waals surface area contributed by atoms with E-state index < -0.39 is 5.82 Å². The first-order chi connectivity index (χ1) is 8.56. The predicted molar refractivity (Wildman–Crippen MR) is 76.3 cm³/mol. The summed E-state index contributed by atoms with van der Waals surface area (Å²) in [6.07, 6.45) is 0.192. The van der Waals surface area contributed by atoms with E-state index in [-0.39, 0.29) is 17.8 Å². The smallest absolute Gasteiger partial charge is 0.170 e. The zero-order valence-corrected chi connectivity index (χ0v) is 12.5. The maximum atomic E-state index is 13.6. The summed E-state index contributed by atoms with van der Waals surface area (Å²) in [5, 5.41) is 0. The Balaban J connectivity index is 2.22. The first-order valence-electron chi connectivity index (χ1n) is 5.29. The summed E-state index contributed by atoms with van der Waals surface area (Å²) < 4.78 is 15.2. The summed E-state index contributed by atoms with van der Waals surface area (Å²) in [6, 6.07) is 11.9. The molecule has 2 aromatic rings. The van der Waals surface area contributed by atoms with Gasteiger partial charge < -0.3 is 0 Å². The standard InChI is InChI=1S/C14H9Br2FO/c15-10-3-1-2-9(6-10)7-14(18)12-5-4-11(16)8-13(12)17/h1-6,8H,7H2. The van der Waals surface area contributed by atoms with E-state index in [0.717, 1.165) is 10.0 Å². The number of hydrogen-bond donors (Lipinski definition) is 0. The molecule has 0 heterocycles. The highest BCUT2D eigenvalue weighted by Crippen LogP contribution is 2.18. The molecule has 0 fully saturated rings. The van der Waals surface area contributed by atoms with E-state index in [1.165, 1.54) is 12.1 Å². The van der Waals surface area contributed by atoms with Gasteiger partial charge in [-0.15, -0.1) is 0 Å². The SMILES string of the molecule is O=C(Cc1cccc(Br)c1)c1ccc(Br)cc1F. The molecule has 4 heteroatoms. The van der Waals surface area contributed by atoms with E-state index in [2.05, 4.69) is 31.9 Å². The fourth-order valence-corrected chi connectivity index (χ4v) is 2.42. The van der Waals surface area contributed by atoms with Gasteiger partial charge in [0.15, 0.2) is 5.78 Å². The van der Waals surface area contributed by atoms with E-state index >= 15 is 0 Å². The zero-order valence-electron chi connectivity index (χ0n) is 9.29. The van der Waals surface area contributed by atoms with E-state index in [0.29, 0.717) is 4.47 Å². The van der Waals surface area contributed by atoms with Crippen molar-refractivity contribution in [2.24, 2.45) is 0 Å². The molecule has 18 heavy (non-hydrogen) atoms. The van der Waals surface area contributed by atoms with Crippen LogP contribution in [0.5, 0.6) is 0 Å². The lowest BCUT2D eigenvalue weighted by atomic mass is 10.0. The van der Waals surface area contributed by atoms with Crippen LogP contribution < -0.4 is 0 Å². The van der Waals surface area contributed by atoms with Crippen molar-refractivity contribution in [3.05, 3.63) is 68.4 Å². The largest absolute Gasteiger partial charge is 0.294 e. The molecule has 1 nitrogen and oxygen atoms in total. The Kier molecular flexibility index (Phi) is 4.30. The summed E-state index contributed by atoms with van der Waals surface area (Å²) >= 11 is 6.50. The van der Waals surface area contributed by atoms with Crippen LogP contribution >= 0.6 is 31.9 Å². The normalized spacial score (nSPS) is 10.4. The Morgan fingerprint density at radius 2 is 1.78 bits per heavy atom. The summed E-state index contributed by atoms with van der Waals surface area (Å²) in [5.74, 6) is -0.720. The summed E-state index contributed by atoms with van der Waals surface area (Å²) in [5.41, 5.74) is 0.981. The Hall–Kier alpha value is -1.00. The maximum Gasteiger partial charge on any atom is 0.170 e. The number of carbonyl (C=O) groups excluding carboxylic acids is 1. The van der Waals surface area contributed by atoms with Gasteiger partial charge in [0.1, 0.15) is 5.82 Å². The van der Waals surface area contributed by atoms with Crippen LogP contribution in [0.4, 0.5) is 4.39 Å². The lowest BCUT2D eigenvalue weighted by Gasteiger charge is -2.04. The average molecular weight is 372 g/mol. The van der Waals surface area contributed by atoms with E-state index in [4.69, 9.17) is 0 Å². The molecule has 0 aromatic heterocycles. The van der Waals surface area contributed by atoms with Gasteiger partial charge in [-0.3, -0.25) is 4.79 Å². The van der Waals surface area contributed by atoms with Crippen LogP contribution in [0.1, 0.15) is 15.9 Å². The van der Waals surface area contributed by atoms with Crippen LogP contribution in [-0.4, -0.2) is 5.78 Å². The third kappa shape index (κ3) is 3.27. The highest BCUT2D eigenvalue weighted by Gasteiger charge is 2.12. The van der Waals surface area contributed by atoms with Crippen molar-refractivity contribution in [2.75, 3.05) is 0 Å². The minimum absolute atomic E-state index is 0.123. The van der Waals surface area contributed by atoms with Crippen molar-refractivity contribution in [3.8, 4) is 0 Å². The lowest BCUT2D eigenvalue weighted by Crippen LogP contribution is -2.06. The fraction of sp³-hybridized carbons (Fsp3) is 0.0714. The number of benzene rings is 2. The molecule has 0 bridgehead atoms. The van der Waals surface area contributed by atoms with Gasteiger partial charge in [-0.1, -0.05) is 44.0 Å². The third-order valence-electron chi connectivity index (χ3n) is 2.49. The van der Waals surface area contributed by atoms with Crippen LogP contribution in [0.15, 0.2) is 51.4 Å². The van der Waals surface area contributed by atoms with Crippen LogP contribution in [0.3, 0.4) is 0 Å². The molecule has 0 saturated carbocycles. The minimum Gasteiger partial charge on any atom is -0.294 e. The number of hydrogen-bond acceptors (Lipinski definition) is 1. The number of carbonyl (C=O) groups is 1. The summed E-state index contributed by atoms with van der Waals surface area (Å²) in [4.78, 5) is 12.0. The third-order valence-corrected chi connectivity index (χ3v) is 3.47. The molecule has 0 saturated heterocycles. The molecule has 2 aromatic carbocycles. The van der Waals surface area contributed by atoms with Crippen molar-refractivity contribution in [3.63, 3.8) is 0 Å². The van der Waals surface area contributed by atoms with Gasteiger partial charge >= 0.3 is 0 Å². The van der Waals surface area contributed by atoms with Crippen molar-refractivity contribution in [1.82, 2.24) is 0 Å². The number of halogens is 3. The molecule has 0 N–H and O–H groups in total. The molecule has 0 aliphatic carbocycles. The first-order valence-corrected chi connectivity index (χ1v) is 6.87. The van der Waals surface area contributed by atoms with Gasteiger partial charge in [0.05, 0.1) is 5.56 Å². The zero-order chi connectivity index (χ0) is 13.1. The fourth-order valence-electron chi connectivity index (χ4n) is 1.64. The lowest BCUT2D eigenvalue weighted by molar-refractivity contribution is 0.0989. The quantitative estimate of drug-likeness (QED) is 0.710. The van der Waals surface area contributed by atoms with Crippen LogP contribution in [0.25, 0.3) is 0 Å². The molecule has 0 unspecified atom stereocenters. The van der Waals surface area contributed by atoms with Gasteiger partial charge in [-0.25, -0.2) is 4.39 Å². The van der Waals surface area contributed by atoms with Crippen LogP contribution in [0, 0.1) is 5.82 Å². The van der Waals surface area contributed by atoms with Crippen molar-refractivity contribution in [1.29, 1.82) is 0 Å². The number of Topliss-reactive ketones (excluding diaryl/α,β-unsaturated/α-hetero) is 1. The number of rotatable bonds is 3. The first kappa shape index (κ1) is 13.4. The second-order valence-electron chi connectivity index (χ2n) is 3.85. The molecule has 0 aliphatic heterocycles. The maximum absolute atomic E-state index is 13.6. The van der Waals surface area contributed by atoms with Gasteiger partial charge in [-0.05, 0) is 35.9 Å². The Labute approximate surface area is 121 Å². The highest BCUT2D eigenvalue weighted by atomic mass is 79.9. The van der Waals surface area contributed by atoms with Gasteiger partial charge in [0.2, 0.25) is 0 Å². The molecule has 0 amide bonds. The minimum atomic E-state index is -0.496. The molecule has 92 valence electrons. The second-order valence-corrected chi connectivity index (χ2v) is 5.69. The van der Waals surface area contributed by atoms with E-state index in [1.54, 1.807) is 6.07 Å². The molecule has 0 radical (unpaired) electrons. The highest BCUT2D eigenvalue weighted by molar-refractivity contribution is 9.10. The molecule has 2 rings (SSSR count). The topological polar surface area (TPSA) is 17.1 Å². The van der Waals surface area contributed by atoms with Crippen LogP contribution in [0.2, 0.25) is 0 Å². The average Bonchev–Trinajstić information content (AvgIpc) is 2.28. The van der Waals surface area contributed by atoms with Gasteiger partial charge in [-0.2, -0.15) is 0 Å². The van der Waals surface area contributed by atoms with E-state index in [1.807, 2.05) is 24.3 Å². The van der Waals surface area contributed by atoms with Crippen LogP contribution in [-0.2, 0) is 6.42 Å². The molecule has 0 spiro atoms.